The Labute approximate surface area is 189 Å². The lowest BCUT2D eigenvalue weighted by Gasteiger charge is -2.10. The molecule has 0 unspecified atom stereocenters. The largest absolute Gasteiger partial charge is 0.454 e. The third-order valence-electron chi connectivity index (χ3n) is 5.15. The fraction of sp³-hybridized carbons (Fsp3) is 0. The predicted octanol–water partition coefficient (Wildman–Crippen LogP) is 6.62. The van der Waals surface area contributed by atoms with Gasteiger partial charge in [-0.2, -0.15) is 0 Å². The number of nitrogens with one attached hydrogen (secondary N) is 2. The highest BCUT2D eigenvalue weighted by atomic mass is 35.5. The van der Waals surface area contributed by atoms with Crippen molar-refractivity contribution in [1.82, 2.24) is 0 Å². The molecule has 0 radical (unpaired) electrons. The van der Waals surface area contributed by atoms with Crippen LogP contribution in [0.4, 0.5) is 11.4 Å². The summed E-state index contributed by atoms with van der Waals surface area (Å²) in [7, 11) is 0. The van der Waals surface area contributed by atoms with E-state index in [4.69, 9.17) is 16.3 Å². The standard InChI is InChI=1S/C26H17ClN2O3/c27-19-10-12-24-22(14-19)29-26(31)21-15-20(11-13-23(21)32-24)28-25(30)18-8-6-17(7-9-18)16-4-2-1-3-5-16/h1-15H,(H,28,30)(H,29,31). The molecule has 1 aliphatic rings. The molecule has 0 aliphatic carbocycles. The summed E-state index contributed by atoms with van der Waals surface area (Å²) in [6, 6.07) is 27.3. The van der Waals surface area contributed by atoms with Crippen molar-refractivity contribution in [3.8, 4) is 22.6 Å². The second-order valence-corrected chi connectivity index (χ2v) is 7.74. The van der Waals surface area contributed by atoms with Crippen LogP contribution in [0.15, 0.2) is 91.0 Å². The van der Waals surface area contributed by atoms with Crippen LogP contribution >= 0.6 is 11.6 Å². The molecule has 156 valence electrons. The lowest BCUT2D eigenvalue weighted by atomic mass is 10.0. The van der Waals surface area contributed by atoms with Gasteiger partial charge in [0.15, 0.2) is 5.75 Å². The topological polar surface area (TPSA) is 67.4 Å². The third-order valence-corrected chi connectivity index (χ3v) is 5.38. The van der Waals surface area contributed by atoms with Gasteiger partial charge in [0.2, 0.25) is 0 Å². The molecule has 1 heterocycles. The molecule has 2 N–H and O–H groups in total. The number of fused-ring (bicyclic) bond motifs is 2. The second-order valence-electron chi connectivity index (χ2n) is 7.31. The Balaban J connectivity index is 1.36. The number of carbonyl (C=O) groups is 2. The fourth-order valence-corrected chi connectivity index (χ4v) is 3.69. The molecule has 6 heteroatoms. The SMILES string of the molecule is O=C(Nc1ccc2c(c1)C(=O)Nc1cc(Cl)ccc1O2)c1ccc(-c2ccccc2)cc1. The van der Waals surface area contributed by atoms with Crippen molar-refractivity contribution < 1.29 is 14.3 Å². The van der Waals surface area contributed by atoms with E-state index in [-0.39, 0.29) is 11.8 Å². The van der Waals surface area contributed by atoms with Crippen LogP contribution in [0.1, 0.15) is 20.7 Å². The summed E-state index contributed by atoms with van der Waals surface area (Å²) in [6.07, 6.45) is 0. The van der Waals surface area contributed by atoms with E-state index in [1.807, 2.05) is 42.5 Å². The number of hydrogen-bond donors (Lipinski definition) is 2. The molecule has 5 nitrogen and oxygen atoms in total. The van der Waals surface area contributed by atoms with Crippen LogP contribution < -0.4 is 15.4 Å². The number of halogens is 1. The monoisotopic (exact) mass is 440 g/mol. The minimum atomic E-state index is -0.343. The molecular formula is C26H17ClN2O3. The normalized spacial score (nSPS) is 12.0. The molecule has 0 bridgehead atoms. The molecular weight excluding hydrogens is 424 g/mol. The smallest absolute Gasteiger partial charge is 0.259 e. The Morgan fingerprint density at radius 2 is 1.53 bits per heavy atom. The molecule has 0 fully saturated rings. The second kappa shape index (κ2) is 8.21. The van der Waals surface area contributed by atoms with Crippen LogP contribution in [0.3, 0.4) is 0 Å². The number of anilines is 2. The summed E-state index contributed by atoms with van der Waals surface area (Å²) < 4.78 is 5.87. The van der Waals surface area contributed by atoms with Crippen molar-refractivity contribution in [2.75, 3.05) is 10.6 Å². The maximum absolute atomic E-state index is 12.7. The van der Waals surface area contributed by atoms with Gasteiger partial charge in [-0.1, -0.05) is 54.1 Å². The summed E-state index contributed by atoms with van der Waals surface area (Å²) in [5.74, 6) is 0.282. The van der Waals surface area contributed by atoms with Crippen molar-refractivity contribution in [1.29, 1.82) is 0 Å². The average Bonchev–Trinajstić information content (AvgIpc) is 2.95. The molecule has 0 aromatic heterocycles. The van der Waals surface area contributed by atoms with Gasteiger partial charge >= 0.3 is 0 Å². The van der Waals surface area contributed by atoms with E-state index in [1.54, 1.807) is 48.5 Å². The molecule has 4 aromatic rings. The van der Waals surface area contributed by atoms with Crippen molar-refractivity contribution in [2.24, 2.45) is 0 Å². The number of ether oxygens (including phenoxy) is 1. The van der Waals surface area contributed by atoms with E-state index >= 15 is 0 Å². The van der Waals surface area contributed by atoms with E-state index in [0.717, 1.165) is 11.1 Å². The van der Waals surface area contributed by atoms with Gasteiger partial charge in [0.1, 0.15) is 5.75 Å². The predicted molar refractivity (Wildman–Crippen MR) is 126 cm³/mol. The van der Waals surface area contributed by atoms with E-state index in [1.165, 1.54) is 0 Å². The molecule has 5 rings (SSSR count). The van der Waals surface area contributed by atoms with Gasteiger partial charge in [0.25, 0.3) is 11.8 Å². The van der Waals surface area contributed by atoms with E-state index < -0.39 is 0 Å². The first-order chi connectivity index (χ1) is 15.6. The molecule has 0 atom stereocenters. The van der Waals surface area contributed by atoms with Crippen LogP contribution in [-0.2, 0) is 0 Å². The quantitative estimate of drug-likeness (QED) is 0.376. The van der Waals surface area contributed by atoms with Gasteiger partial charge in [0, 0.05) is 16.3 Å². The highest BCUT2D eigenvalue weighted by Gasteiger charge is 2.22. The van der Waals surface area contributed by atoms with Gasteiger partial charge in [-0.25, -0.2) is 0 Å². The highest BCUT2D eigenvalue weighted by molar-refractivity contribution is 6.31. The fourth-order valence-electron chi connectivity index (χ4n) is 3.52. The zero-order valence-electron chi connectivity index (χ0n) is 16.8. The van der Waals surface area contributed by atoms with Gasteiger partial charge < -0.3 is 15.4 Å². The average molecular weight is 441 g/mol. The first kappa shape index (κ1) is 19.8. The van der Waals surface area contributed by atoms with Crippen LogP contribution in [0.5, 0.6) is 11.5 Å². The maximum atomic E-state index is 12.7. The minimum absolute atomic E-state index is 0.269. The summed E-state index contributed by atoms with van der Waals surface area (Å²) in [5.41, 5.74) is 3.92. The summed E-state index contributed by atoms with van der Waals surface area (Å²) >= 11 is 6.02. The van der Waals surface area contributed by atoms with Gasteiger partial charge in [0.05, 0.1) is 11.3 Å². The zero-order chi connectivity index (χ0) is 22.1. The Kier molecular flexibility index (Phi) is 5.09. The molecule has 32 heavy (non-hydrogen) atoms. The number of hydrogen-bond acceptors (Lipinski definition) is 3. The first-order valence-electron chi connectivity index (χ1n) is 9.96. The van der Waals surface area contributed by atoms with Crippen LogP contribution in [0.2, 0.25) is 5.02 Å². The lowest BCUT2D eigenvalue weighted by Crippen LogP contribution is -2.14. The highest BCUT2D eigenvalue weighted by Crippen LogP contribution is 2.38. The third kappa shape index (κ3) is 3.94. The van der Waals surface area contributed by atoms with Crippen molar-refractivity contribution in [3.05, 3.63) is 107 Å². The van der Waals surface area contributed by atoms with Crippen molar-refractivity contribution >= 4 is 34.8 Å². The van der Waals surface area contributed by atoms with E-state index in [2.05, 4.69) is 10.6 Å². The number of carbonyl (C=O) groups excluding carboxylic acids is 2. The maximum Gasteiger partial charge on any atom is 0.259 e. The molecule has 0 saturated heterocycles. The zero-order valence-corrected chi connectivity index (χ0v) is 17.5. The summed E-state index contributed by atoms with van der Waals surface area (Å²) in [5, 5.41) is 6.13. The molecule has 0 spiro atoms. The Bertz CT molecular complexity index is 1340. The number of benzene rings is 4. The molecule has 1 aliphatic heterocycles. The molecule has 4 aromatic carbocycles. The van der Waals surface area contributed by atoms with Gasteiger partial charge in [-0.15, -0.1) is 0 Å². The first-order valence-corrected chi connectivity index (χ1v) is 10.3. The van der Waals surface area contributed by atoms with Crippen LogP contribution in [0, 0.1) is 0 Å². The van der Waals surface area contributed by atoms with E-state index in [0.29, 0.717) is 39.0 Å². The molecule has 0 saturated carbocycles. The van der Waals surface area contributed by atoms with Gasteiger partial charge in [-0.05, 0) is 59.7 Å². The Morgan fingerprint density at radius 3 is 2.31 bits per heavy atom. The Morgan fingerprint density at radius 1 is 0.812 bits per heavy atom. The summed E-state index contributed by atoms with van der Waals surface area (Å²) in [6.45, 7) is 0. The minimum Gasteiger partial charge on any atom is -0.454 e. The van der Waals surface area contributed by atoms with E-state index in [9.17, 15) is 9.59 Å². The van der Waals surface area contributed by atoms with Crippen LogP contribution in [0.25, 0.3) is 11.1 Å². The van der Waals surface area contributed by atoms with Crippen LogP contribution in [-0.4, -0.2) is 11.8 Å². The molecule has 2 amide bonds. The number of amides is 2. The van der Waals surface area contributed by atoms with Crippen molar-refractivity contribution in [3.63, 3.8) is 0 Å². The van der Waals surface area contributed by atoms with Crippen molar-refractivity contribution in [2.45, 2.75) is 0 Å². The Hall–Kier alpha value is -4.09. The number of rotatable bonds is 3. The van der Waals surface area contributed by atoms with Gasteiger partial charge in [-0.3, -0.25) is 9.59 Å². The summed E-state index contributed by atoms with van der Waals surface area (Å²) in [4.78, 5) is 25.5. The lowest BCUT2D eigenvalue weighted by molar-refractivity contribution is 0.101.